The summed E-state index contributed by atoms with van der Waals surface area (Å²) in [5.41, 5.74) is 2.82. The molecule has 0 saturated heterocycles. The van der Waals surface area contributed by atoms with Crippen molar-refractivity contribution in [2.45, 2.75) is 37.4 Å². The standard InChI is InChI=1S/C20H20N4O3S/c25-18(22-11-15-5-3-9-27-15)13-28-19-16-6-1-7-17(16)24(20(26)23-19)12-14-4-2-8-21-10-14/h2-5,8-10H,1,6-7,11-13H2,(H,22,25). The molecule has 3 heterocycles. The molecule has 0 atom stereocenters. The first-order chi connectivity index (χ1) is 13.7. The van der Waals surface area contributed by atoms with Gasteiger partial charge in [0.05, 0.1) is 25.1 Å². The van der Waals surface area contributed by atoms with Crippen molar-refractivity contribution in [1.29, 1.82) is 0 Å². The molecule has 0 unspecified atom stereocenters. The summed E-state index contributed by atoms with van der Waals surface area (Å²) in [6.07, 6.45) is 7.78. The molecule has 1 aliphatic rings. The van der Waals surface area contributed by atoms with Gasteiger partial charge in [-0.15, -0.1) is 0 Å². The maximum absolute atomic E-state index is 12.6. The van der Waals surface area contributed by atoms with Crippen LogP contribution in [0.4, 0.5) is 0 Å². The molecule has 7 nitrogen and oxygen atoms in total. The van der Waals surface area contributed by atoms with Crippen molar-refractivity contribution in [2.75, 3.05) is 5.75 Å². The van der Waals surface area contributed by atoms with Gasteiger partial charge in [0.15, 0.2) is 0 Å². The van der Waals surface area contributed by atoms with E-state index in [4.69, 9.17) is 4.42 Å². The number of hydrogen-bond acceptors (Lipinski definition) is 6. The van der Waals surface area contributed by atoms with Crippen LogP contribution in [0.5, 0.6) is 0 Å². The highest BCUT2D eigenvalue weighted by molar-refractivity contribution is 7.99. The number of hydrogen-bond donors (Lipinski definition) is 1. The van der Waals surface area contributed by atoms with E-state index in [1.165, 1.54) is 11.8 Å². The van der Waals surface area contributed by atoms with Crippen LogP contribution in [0.15, 0.2) is 57.2 Å². The minimum absolute atomic E-state index is 0.116. The van der Waals surface area contributed by atoms with E-state index in [0.717, 1.165) is 36.1 Å². The zero-order valence-corrected chi connectivity index (χ0v) is 16.1. The summed E-state index contributed by atoms with van der Waals surface area (Å²) < 4.78 is 6.94. The van der Waals surface area contributed by atoms with Crippen LogP contribution in [0.25, 0.3) is 0 Å². The van der Waals surface area contributed by atoms with Gasteiger partial charge in [-0.25, -0.2) is 4.79 Å². The summed E-state index contributed by atoms with van der Waals surface area (Å²) in [6, 6.07) is 7.40. The fourth-order valence-electron chi connectivity index (χ4n) is 3.33. The molecule has 0 fully saturated rings. The lowest BCUT2D eigenvalue weighted by Gasteiger charge is -2.14. The number of carbonyl (C=O) groups is 1. The highest BCUT2D eigenvalue weighted by Crippen LogP contribution is 2.29. The molecule has 28 heavy (non-hydrogen) atoms. The molecule has 1 aliphatic carbocycles. The van der Waals surface area contributed by atoms with E-state index in [-0.39, 0.29) is 17.3 Å². The molecule has 3 aromatic rings. The number of nitrogens with one attached hydrogen (secondary N) is 1. The van der Waals surface area contributed by atoms with Gasteiger partial charge in [-0.05, 0) is 43.0 Å². The summed E-state index contributed by atoms with van der Waals surface area (Å²) >= 11 is 1.32. The minimum atomic E-state index is -0.275. The van der Waals surface area contributed by atoms with E-state index in [1.807, 2.05) is 18.2 Å². The SMILES string of the molecule is O=C(CSc1nc(=O)n(Cc2cccnc2)c2c1CCC2)NCc1ccco1. The molecule has 1 amide bonds. The smallest absolute Gasteiger partial charge is 0.349 e. The van der Waals surface area contributed by atoms with Crippen molar-refractivity contribution >= 4 is 17.7 Å². The zero-order valence-electron chi connectivity index (χ0n) is 15.3. The van der Waals surface area contributed by atoms with Crippen LogP contribution >= 0.6 is 11.8 Å². The first kappa shape index (κ1) is 18.5. The van der Waals surface area contributed by atoms with Crippen molar-refractivity contribution in [2.24, 2.45) is 0 Å². The number of aromatic nitrogens is 3. The van der Waals surface area contributed by atoms with Crippen LogP contribution in [0.3, 0.4) is 0 Å². The van der Waals surface area contributed by atoms with E-state index >= 15 is 0 Å². The van der Waals surface area contributed by atoms with Crippen LogP contribution in [0, 0.1) is 0 Å². The van der Waals surface area contributed by atoms with Crippen molar-refractivity contribution < 1.29 is 9.21 Å². The number of pyridine rings is 1. The second-order valence-corrected chi connectivity index (χ2v) is 7.53. The molecule has 0 aliphatic heterocycles. The number of fused-ring (bicyclic) bond motifs is 1. The second-order valence-electron chi connectivity index (χ2n) is 6.57. The molecular weight excluding hydrogens is 376 g/mol. The lowest BCUT2D eigenvalue weighted by molar-refractivity contribution is -0.118. The lowest BCUT2D eigenvalue weighted by atomic mass is 10.2. The Morgan fingerprint density at radius 3 is 3.00 bits per heavy atom. The number of amides is 1. The van der Waals surface area contributed by atoms with Crippen LogP contribution in [-0.4, -0.2) is 26.2 Å². The van der Waals surface area contributed by atoms with Crippen LogP contribution in [-0.2, 0) is 30.7 Å². The fraction of sp³-hybridized carbons (Fsp3) is 0.300. The Balaban J connectivity index is 1.46. The summed E-state index contributed by atoms with van der Waals surface area (Å²) in [5.74, 6) is 0.802. The van der Waals surface area contributed by atoms with E-state index in [1.54, 1.807) is 29.3 Å². The molecule has 3 aromatic heterocycles. The maximum Gasteiger partial charge on any atom is 0.349 e. The highest BCUT2D eigenvalue weighted by atomic mass is 32.2. The van der Waals surface area contributed by atoms with Crippen LogP contribution in [0.2, 0.25) is 0 Å². The van der Waals surface area contributed by atoms with Gasteiger partial charge in [0.1, 0.15) is 10.8 Å². The topological polar surface area (TPSA) is 90.0 Å². The molecule has 0 spiro atoms. The summed E-state index contributed by atoms with van der Waals surface area (Å²) in [7, 11) is 0. The first-order valence-corrected chi connectivity index (χ1v) is 10.1. The van der Waals surface area contributed by atoms with Gasteiger partial charge >= 0.3 is 5.69 Å². The van der Waals surface area contributed by atoms with Gasteiger partial charge in [-0.1, -0.05) is 17.8 Å². The third-order valence-corrected chi connectivity index (χ3v) is 5.66. The largest absolute Gasteiger partial charge is 0.467 e. The molecule has 8 heteroatoms. The minimum Gasteiger partial charge on any atom is -0.467 e. The molecule has 4 rings (SSSR count). The molecule has 0 radical (unpaired) electrons. The monoisotopic (exact) mass is 396 g/mol. The van der Waals surface area contributed by atoms with Crippen molar-refractivity contribution in [3.63, 3.8) is 0 Å². The van der Waals surface area contributed by atoms with Crippen LogP contribution in [0.1, 0.15) is 29.0 Å². The molecule has 144 valence electrons. The molecule has 0 saturated carbocycles. The molecular formula is C20H20N4O3S. The quantitative estimate of drug-likeness (QED) is 0.486. The summed E-state index contributed by atoms with van der Waals surface area (Å²) in [6.45, 7) is 0.821. The Kier molecular flexibility index (Phi) is 5.57. The molecule has 0 aromatic carbocycles. The van der Waals surface area contributed by atoms with Crippen LogP contribution < -0.4 is 11.0 Å². The van der Waals surface area contributed by atoms with Crippen molar-refractivity contribution in [3.8, 4) is 0 Å². The summed E-state index contributed by atoms with van der Waals surface area (Å²) in [5, 5.41) is 3.48. The summed E-state index contributed by atoms with van der Waals surface area (Å²) in [4.78, 5) is 33.1. The van der Waals surface area contributed by atoms with E-state index < -0.39 is 0 Å². The third kappa shape index (κ3) is 4.17. The van der Waals surface area contributed by atoms with Gasteiger partial charge < -0.3 is 9.73 Å². The highest BCUT2D eigenvalue weighted by Gasteiger charge is 2.22. The number of rotatable bonds is 7. The maximum atomic E-state index is 12.6. The predicted molar refractivity (Wildman–Crippen MR) is 105 cm³/mol. The fourth-order valence-corrected chi connectivity index (χ4v) is 4.23. The molecule has 0 bridgehead atoms. The van der Waals surface area contributed by atoms with E-state index in [2.05, 4.69) is 15.3 Å². The number of nitrogens with zero attached hydrogens (tertiary/aromatic N) is 3. The Morgan fingerprint density at radius 1 is 1.29 bits per heavy atom. The van der Waals surface area contributed by atoms with Gasteiger partial charge in [0.25, 0.3) is 0 Å². The normalized spacial score (nSPS) is 12.7. The average Bonchev–Trinajstić information content (AvgIpc) is 3.40. The second kappa shape index (κ2) is 8.43. The third-order valence-electron chi connectivity index (χ3n) is 4.64. The van der Waals surface area contributed by atoms with Gasteiger partial charge in [0, 0.05) is 23.7 Å². The Labute approximate surface area is 166 Å². The van der Waals surface area contributed by atoms with E-state index in [0.29, 0.717) is 23.9 Å². The Bertz CT molecular complexity index is 1020. The van der Waals surface area contributed by atoms with Gasteiger partial charge in [-0.3, -0.25) is 14.3 Å². The Hall–Kier alpha value is -2.87. The number of thioether (sulfide) groups is 1. The first-order valence-electron chi connectivity index (χ1n) is 9.14. The van der Waals surface area contributed by atoms with Crippen molar-refractivity contribution in [1.82, 2.24) is 19.9 Å². The van der Waals surface area contributed by atoms with Gasteiger partial charge in [0.2, 0.25) is 5.91 Å². The lowest BCUT2D eigenvalue weighted by Crippen LogP contribution is -2.28. The zero-order chi connectivity index (χ0) is 19.3. The Morgan fingerprint density at radius 2 is 2.21 bits per heavy atom. The number of carbonyl (C=O) groups excluding carboxylic acids is 1. The average molecular weight is 396 g/mol. The predicted octanol–water partition coefficient (Wildman–Crippen LogP) is 2.18. The molecule has 1 N–H and O–H groups in total. The number of furan rings is 1. The van der Waals surface area contributed by atoms with Crippen molar-refractivity contribution in [3.05, 3.63) is 76.0 Å². The van der Waals surface area contributed by atoms with E-state index in [9.17, 15) is 9.59 Å². The van der Waals surface area contributed by atoms with Gasteiger partial charge in [-0.2, -0.15) is 4.98 Å².